The third-order valence-corrected chi connectivity index (χ3v) is 11.2. The number of aromatic nitrogens is 3. The Bertz CT molecular complexity index is 3000. The van der Waals surface area contributed by atoms with Crippen molar-refractivity contribution in [3.63, 3.8) is 0 Å². The van der Waals surface area contributed by atoms with E-state index in [2.05, 4.69) is 174 Å². The van der Waals surface area contributed by atoms with Crippen molar-refractivity contribution in [1.82, 2.24) is 15.0 Å². The van der Waals surface area contributed by atoms with E-state index in [4.69, 9.17) is 15.0 Å². The van der Waals surface area contributed by atoms with E-state index in [0.29, 0.717) is 17.1 Å². The van der Waals surface area contributed by atoms with Gasteiger partial charge in [0.15, 0.2) is 5.82 Å². The predicted molar refractivity (Wildman–Crippen MR) is 249 cm³/mol. The van der Waals surface area contributed by atoms with Crippen molar-refractivity contribution < 1.29 is 26.2 Å². The molecule has 5 nitrogen and oxygen atoms in total. The third-order valence-electron chi connectivity index (χ3n) is 11.2. The number of rotatable bonds is 7. The summed E-state index contributed by atoms with van der Waals surface area (Å²) in [6.07, 6.45) is 1.83. The molecule has 304 valence electrons. The molecule has 0 aliphatic heterocycles. The number of fused-ring (bicyclic) bond motifs is 2. The van der Waals surface area contributed by atoms with Crippen molar-refractivity contribution >= 4 is 38.7 Å². The molecule has 0 atom stereocenters. The minimum atomic E-state index is -0.0988. The van der Waals surface area contributed by atoms with E-state index in [1.54, 1.807) is 6.07 Å². The number of para-hydroxylation sites is 1. The number of anilines is 3. The number of nitrogens with zero attached hydrogens (tertiary/aromatic N) is 4. The standard InChI is InChI=1S/C55H47N4O.Pt/c1-54(2,3)41-30-40(31-42(34-41)55(4,5)6)49-35-48(57-53(58-49)47-23-11-12-26-51(47)60)39-29-38(45-24-15-19-36-17-7-9-21-44(36)45)32-43(33-39)59(52-27-13-14-28-56-52)50-25-16-20-37-18-8-10-22-46(37)50;/h7-32,34-35,60H,1-6H3;/q-1;. The van der Waals surface area contributed by atoms with E-state index in [0.717, 1.165) is 66.7 Å². The van der Waals surface area contributed by atoms with Crippen LogP contribution in [0.2, 0.25) is 0 Å². The van der Waals surface area contributed by atoms with E-state index in [9.17, 15) is 5.11 Å². The van der Waals surface area contributed by atoms with Crippen molar-refractivity contribution in [2.24, 2.45) is 0 Å². The maximum absolute atomic E-state index is 11.2. The average Bonchev–Trinajstić information content (AvgIpc) is 3.26. The molecule has 0 unspecified atom stereocenters. The zero-order valence-electron chi connectivity index (χ0n) is 35.2. The van der Waals surface area contributed by atoms with Gasteiger partial charge in [-0.2, -0.15) is 0 Å². The first-order valence-electron chi connectivity index (χ1n) is 20.5. The summed E-state index contributed by atoms with van der Waals surface area (Å²) in [5.41, 5.74) is 9.90. The fourth-order valence-electron chi connectivity index (χ4n) is 7.87. The van der Waals surface area contributed by atoms with Gasteiger partial charge < -0.3 is 10.0 Å². The molecule has 0 fully saturated rings. The quantitative estimate of drug-likeness (QED) is 0.161. The van der Waals surface area contributed by atoms with Gasteiger partial charge in [-0.25, -0.2) is 9.97 Å². The first kappa shape index (κ1) is 41.3. The Morgan fingerprint density at radius 1 is 0.525 bits per heavy atom. The van der Waals surface area contributed by atoms with E-state index in [1.165, 1.54) is 11.1 Å². The minimum absolute atomic E-state index is 0. The van der Waals surface area contributed by atoms with Crippen LogP contribution in [0.1, 0.15) is 52.7 Å². The van der Waals surface area contributed by atoms with Gasteiger partial charge in [-0.1, -0.05) is 156 Å². The van der Waals surface area contributed by atoms with E-state index >= 15 is 0 Å². The summed E-state index contributed by atoms with van der Waals surface area (Å²) in [4.78, 5) is 17.6. The van der Waals surface area contributed by atoms with Crippen LogP contribution in [-0.4, -0.2) is 20.1 Å². The van der Waals surface area contributed by atoms with Crippen LogP contribution < -0.4 is 4.90 Å². The molecule has 2 heterocycles. The van der Waals surface area contributed by atoms with Gasteiger partial charge in [0.05, 0.1) is 16.9 Å². The molecular weight excluding hydrogens is 928 g/mol. The molecule has 0 spiro atoms. The van der Waals surface area contributed by atoms with Crippen LogP contribution >= 0.6 is 0 Å². The molecule has 0 amide bonds. The van der Waals surface area contributed by atoms with Gasteiger partial charge in [-0.15, -0.1) is 23.8 Å². The fourth-order valence-corrected chi connectivity index (χ4v) is 7.87. The summed E-state index contributed by atoms with van der Waals surface area (Å²) >= 11 is 0. The van der Waals surface area contributed by atoms with Crippen molar-refractivity contribution in [3.05, 3.63) is 187 Å². The Hall–Kier alpha value is -6.42. The largest absolute Gasteiger partial charge is 0.507 e. The second kappa shape index (κ2) is 16.6. The van der Waals surface area contributed by atoms with E-state index in [1.807, 2.05) is 42.6 Å². The van der Waals surface area contributed by atoms with Gasteiger partial charge in [-0.3, -0.25) is 4.98 Å². The van der Waals surface area contributed by atoms with Gasteiger partial charge in [0.1, 0.15) is 11.6 Å². The van der Waals surface area contributed by atoms with Gasteiger partial charge in [-0.05, 0) is 97.5 Å². The summed E-state index contributed by atoms with van der Waals surface area (Å²) in [5, 5.41) is 15.8. The fraction of sp³-hybridized carbons (Fsp3) is 0.145. The molecule has 1 N–H and O–H groups in total. The van der Waals surface area contributed by atoms with Gasteiger partial charge in [0.2, 0.25) is 0 Å². The predicted octanol–water partition coefficient (Wildman–Crippen LogP) is 14.4. The molecule has 7 aromatic carbocycles. The summed E-state index contributed by atoms with van der Waals surface area (Å²) in [7, 11) is 0. The Kier molecular flexibility index (Phi) is 11.2. The Morgan fingerprint density at radius 3 is 1.80 bits per heavy atom. The Labute approximate surface area is 373 Å². The van der Waals surface area contributed by atoms with Crippen LogP contribution in [0.3, 0.4) is 0 Å². The summed E-state index contributed by atoms with van der Waals surface area (Å²) < 4.78 is 0. The normalized spacial score (nSPS) is 11.7. The summed E-state index contributed by atoms with van der Waals surface area (Å²) in [6.45, 7) is 13.5. The van der Waals surface area contributed by atoms with Crippen LogP contribution in [-0.2, 0) is 31.9 Å². The van der Waals surface area contributed by atoms with Crippen molar-refractivity contribution in [1.29, 1.82) is 0 Å². The van der Waals surface area contributed by atoms with Crippen LogP contribution in [0, 0.1) is 6.07 Å². The van der Waals surface area contributed by atoms with E-state index < -0.39 is 0 Å². The monoisotopic (exact) mass is 974 g/mol. The van der Waals surface area contributed by atoms with Crippen LogP contribution in [0.4, 0.5) is 17.2 Å². The molecule has 0 bridgehead atoms. The maximum atomic E-state index is 11.2. The topological polar surface area (TPSA) is 62.1 Å². The Balaban J connectivity index is 0.00000514. The zero-order valence-corrected chi connectivity index (χ0v) is 37.5. The molecule has 0 aliphatic rings. The minimum Gasteiger partial charge on any atom is -0.507 e. The smallest absolute Gasteiger partial charge is 0.154 e. The van der Waals surface area contributed by atoms with E-state index in [-0.39, 0.29) is 37.6 Å². The Morgan fingerprint density at radius 2 is 1.11 bits per heavy atom. The molecule has 9 rings (SSSR count). The number of hydrogen-bond donors (Lipinski definition) is 1. The second-order valence-electron chi connectivity index (χ2n) is 17.5. The van der Waals surface area contributed by atoms with Crippen molar-refractivity contribution in [2.45, 2.75) is 52.4 Å². The second-order valence-corrected chi connectivity index (χ2v) is 17.5. The molecule has 6 heteroatoms. The molecule has 0 saturated heterocycles. The average molecular weight is 975 g/mol. The van der Waals surface area contributed by atoms with Crippen LogP contribution in [0.5, 0.6) is 5.75 Å². The van der Waals surface area contributed by atoms with Crippen LogP contribution in [0.25, 0.3) is 66.6 Å². The van der Waals surface area contributed by atoms with Crippen molar-refractivity contribution in [2.75, 3.05) is 4.90 Å². The number of pyridine rings is 1. The summed E-state index contributed by atoms with van der Waals surface area (Å²) in [5.74, 6) is 1.31. The maximum Gasteiger partial charge on any atom is 0.154 e. The van der Waals surface area contributed by atoms with Gasteiger partial charge >= 0.3 is 0 Å². The van der Waals surface area contributed by atoms with Crippen molar-refractivity contribution in [3.8, 4) is 50.8 Å². The number of benzene rings is 7. The molecule has 0 saturated carbocycles. The summed E-state index contributed by atoms with van der Waals surface area (Å²) in [6, 6.07) is 60.2. The molecule has 61 heavy (non-hydrogen) atoms. The van der Waals surface area contributed by atoms with Gasteiger partial charge in [0.25, 0.3) is 0 Å². The van der Waals surface area contributed by atoms with Crippen LogP contribution in [0.15, 0.2) is 170 Å². The number of aromatic hydroxyl groups is 1. The zero-order chi connectivity index (χ0) is 41.6. The third kappa shape index (κ3) is 8.36. The van der Waals surface area contributed by atoms with Gasteiger partial charge in [0, 0.05) is 38.2 Å². The number of phenols is 1. The number of hydrogen-bond acceptors (Lipinski definition) is 5. The molecule has 9 aromatic rings. The first-order valence-corrected chi connectivity index (χ1v) is 20.5. The molecule has 0 radical (unpaired) electrons. The molecule has 0 aliphatic carbocycles. The molecule has 2 aromatic heterocycles. The number of phenolic OH excluding ortho intramolecular Hbond substituents is 1. The first-order chi connectivity index (χ1) is 28.9. The SMILES string of the molecule is CC(C)(C)c1cc(-c2cc(-c3[c-]c(N(c4ccccn4)c4cccc5ccccc45)cc(-c4cccc5ccccc45)c3)nc(-c3ccccc3O)n2)cc(C(C)(C)C)c1.[Pt]. The molecular formula is C55H47N4OPt-.